The summed E-state index contributed by atoms with van der Waals surface area (Å²) in [6, 6.07) is 8.79. The standard InChI is InChI=1S/C26H24F3N5O2/c1-2-22(35)33-21-11-15(4-5-18(21)26(27,28)29)19-10-16(6-9-31-19)20-12-17-23(34-20)25(14-32-24(17)36)7-3-8-30-13-25/h2,4-6,9-12,30,34H,1,3,7-8,13-14H2,(H,32,36)(H,33,35). The van der Waals surface area contributed by atoms with Crippen LogP contribution in [0.2, 0.25) is 0 Å². The molecule has 36 heavy (non-hydrogen) atoms. The SMILES string of the molecule is C=CC(=O)Nc1cc(-c2cc(-c3cc4c([nH]3)C3(CCCNC3)CNC4=O)ccn2)ccc1C(F)(F)F. The summed E-state index contributed by atoms with van der Waals surface area (Å²) in [7, 11) is 0. The van der Waals surface area contributed by atoms with Crippen molar-refractivity contribution in [3.05, 3.63) is 72.1 Å². The van der Waals surface area contributed by atoms with Crippen molar-refractivity contribution in [1.82, 2.24) is 20.6 Å². The molecule has 4 N–H and O–H groups in total. The number of carbonyl (C=O) groups is 2. The Morgan fingerprint density at radius 3 is 2.69 bits per heavy atom. The highest BCUT2D eigenvalue weighted by atomic mass is 19.4. The van der Waals surface area contributed by atoms with E-state index in [2.05, 4.69) is 32.5 Å². The molecule has 1 aromatic carbocycles. The average Bonchev–Trinajstić information content (AvgIpc) is 3.34. The van der Waals surface area contributed by atoms with Crippen molar-refractivity contribution in [2.75, 3.05) is 25.0 Å². The van der Waals surface area contributed by atoms with Crippen molar-refractivity contribution < 1.29 is 22.8 Å². The predicted octanol–water partition coefficient (Wildman–Crippen LogP) is 4.25. The molecule has 2 aliphatic rings. The highest BCUT2D eigenvalue weighted by Crippen LogP contribution is 2.39. The molecule has 2 aliphatic heterocycles. The Morgan fingerprint density at radius 2 is 1.97 bits per heavy atom. The summed E-state index contributed by atoms with van der Waals surface area (Å²) in [5.74, 6) is -0.885. The number of aromatic nitrogens is 2. The van der Waals surface area contributed by atoms with E-state index < -0.39 is 17.6 Å². The van der Waals surface area contributed by atoms with E-state index in [0.717, 1.165) is 55.0 Å². The molecule has 1 spiro atoms. The van der Waals surface area contributed by atoms with E-state index in [1.807, 2.05) is 6.07 Å². The minimum Gasteiger partial charge on any atom is -0.357 e. The average molecular weight is 496 g/mol. The molecule has 2 amide bonds. The second-order valence-electron chi connectivity index (χ2n) is 9.10. The monoisotopic (exact) mass is 495 g/mol. The molecule has 4 heterocycles. The van der Waals surface area contributed by atoms with Crippen LogP contribution in [0, 0.1) is 0 Å². The zero-order valence-corrected chi connectivity index (χ0v) is 19.3. The fourth-order valence-electron chi connectivity index (χ4n) is 4.97. The topological polar surface area (TPSA) is 98.9 Å². The summed E-state index contributed by atoms with van der Waals surface area (Å²) >= 11 is 0. The van der Waals surface area contributed by atoms with Gasteiger partial charge in [-0.2, -0.15) is 13.2 Å². The molecule has 7 nitrogen and oxygen atoms in total. The third-order valence-electron chi connectivity index (χ3n) is 6.79. The molecule has 0 saturated carbocycles. The molecule has 0 aliphatic carbocycles. The maximum Gasteiger partial charge on any atom is 0.418 e. The first kappa shape index (κ1) is 23.8. The van der Waals surface area contributed by atoms with Crippen molar-refractivity contribution in [1.29, 1.82) is 0 Å². The molecule has 0 bridgehead atoms. The minimum absolute atomic E-state index is 0.136. The van der Waals surface area contributed by atoms with Gasteiger partial charge in [-0.15, -0.1) is 0 Å². The number of rotatable bonds is 4. The molecule has 1 unspecified atom stereocenters. The second-order valence-corrected chi connectivity index (χ2v) is 9.10. The highest BCUT2D eigenvalue weighted by molar-refractivity contribution is 6.00. The van der Waals surface area contributed by atoms with Crippen LogP contribution in [0.1, 0.15) is 34.5 Å². The van der Waals surface area contributed by atoms with Gasteiger partial charge in [-0.3, -0.25) is 14.6 Å². The zero-order valence-electron chi connectivity index (χ0n) is 19.3. The normalized spacial score (nSPS) is 19.5. The molecular formula is C26H24F3N5O2. The van der Waals surface area contributed by atoms with Crippen LogP contribution in [0.15, 0.2) is 55.3 Å². The van der Waals surface area contributed by atoms with Gasteiger partial charge in [0.1, 0.15) is 0 Å². The lowest BCUT2D eigenvalue weighted by atomic mass is 9.74. The van der Waals surface area contributed by atoms with Gasteiger partial charge in [0.25, 0.3) is 5.91 Å². The van der Waals surface area contributed by atoms with Gasteiger partial charge in [-0.25, -0.2) is 0 Å². The second kappa shape index (κ2) is 8.94. The van der Waals surface area contributed by atoms with Gasteiger partial charge >= 0.3 is 6.18 Å². The number of benzene rings is 1. The lowest BCUT2D eigenvalue weighted by Gasteiger charge is -2.40. The fourth-order valence-corrected chi connectivity index (χ4v) is 4.97. The molecule has 10 heteroatoms. The molecule has 1 saturated heterocycles. The van der Waals surface area contributed by atoms with Gasteiger partial charge in [0.2, 0.25) is 5.91 Å². The Morgan fingerprint density at radius 1 is 1.14 bits per heavy atom. The van der Waals surface area contributed by atoms with Gasteiger partial charge in [-0.05, 0) is 55.8 Å². The minimum atomic E-state index is -4.65. The maximum absolute atomic E-state index is 13.5. The molecule has 3 aromatic rings. The van der Waals surface area contributed by atoms with E-state index in [-0.39, 0.29) is 17.0 Å². The van der Waals surface area contributed by atoms with Crippen LogP contribution in [-0.2, 0) is 16.4 Å². The van der Waals surface area contributed by atoms with Crippen LogP contribution in [0.25, 0.3) is 22.5 Å². The summed E-state index contributed by atoms with van der Waals surface area (Å²) < 4.78 is 40.5. The molecule has 2 aromatic heterocycles. The number of anilines is 1. The number of nitrogens with one attached hydrogen (secondary N) is 4. The number of carbonyl (C=O) groups excluding carboxylic acids is 2. The Kier molecular flexibility index (Phi) is 5.91. The first-order valence-electron chi connectivity index (χ1n) is 11.5. The number of aromatic amines is 1. The van der Waals surface area contributed by atoms with Gasteiger partial charge in [-0.1, -0.05) is 12.6 Å². The summed E-state index contributed by atoms with van der Waals surface area (Å²) in [6.45, 7) is 5.55. The lowest BCUT2D eigenvalue weighted by molar-refractivity contribution is -0.136. The predicted molar refractivity (Wildman–Crippen MR) is 129 cm³/mol. The van der Waals surface area contributed by atoms with E-state index in [1.165, 1.54) is 12.1 Å². The summed E-state index contributed by atoms with van der Waals surface area (Å²) in [5.41, 5.74) is 2.21. The Hall–Kier alpha value is -3.92. The van der Waals surface area contributed by atoms with Crippen LogP contribution >= 0.6 is 0 Å². The van der Waals surface area contributed by atoms with Gasteiger partial charge in [0.05, 0.1) is 22.5 Å². The van der Waals surface area contributed by atoms with Crippen molar-refractivity contribution in [2.45, 2.75) is 24.4 Å². The number of H-pyrrole nitrogens is 1. The maximum atomic E-state index is 13.5. The Labute approximate surface area is 205 Å². The number of pyridine rings is 1. The van der Waals surface area contributed by atoms with E-state index in [4.69, 9.17) is 0 Å². The fraction of sp³-hybridized carbons (Fsp3) is 0.269. The Bertz CT molecular complexity index is 1360. The number of nitrogens with zero attached hydrogens (tertiary/aromatic N) is 1. The number of halogens is 3. The molecule has 1 fully saturated rings. The van der Waals surface area contributed by atoms with Gasteiger partial charge in [0, 0.05) is 47.2 Å². The largest absolute Gasteiger partial charge is 0.418 e. The van der Waals surface area contributed by atoms with Crippen molar-refractivity contribution >= 4 is 17.5 Å². The van der Waals surface area contributed by atoms with E-state index in [9.17, 15) is 22.8 Å². The smallest absolute Gasteiger partial charge is 0.357 e. The van der Waals surface area contributed by atoms with Crippen LogP contribution in [0.5, 0.6) is 0 Å². The van der Waals surface area contributed by atoms with Crippen molar-refractivity contribution in [2.24, 2.45) is 0 Å². The Balaban J connectivity index is 1.54. The van der Waals surface area contributed by atoms with Crippen LogP contribution < -0.4 is 16.0 Å². The van der Waals surface area contributed by atoms with Crippen LogP contribution in [0.4, 0.5) is 18.9 Å². The summed E-state index contributed by atoms with van der Waals surface area (Å²) in [4.78, 5) is 32.1. The molecule has 186 valence electrons. The van der Waals surface area contributed by atoms with Gasteiger partial charge in [0.15, 0.2) is 0 Å². The quantitative estimate of drug-likeness (QED) is 0.407. The van der Waals surface area contributed by atoms with Gasteiger partial charge < -0.3 is 20.9 Å². The first-order chi connectivity index (χ1) is 17.2. The molecular weight excluding hydrogens is 471 g/mol. The van der Waals surface area contributed by atoms with Crippen molar-refractivity contribution in [3.8, 4) is 22.5 Å². The number of piperidine rings is 1. The summed E-state index contributed by atoms with van der Waals surface area (Å²) in [6.07, 6.45) is -0.238. The number of amides is 2. The van der Waals surface area contributed by atoms with E-state index in [1.54, 1.807) is 18.3 Å². The number of alkyl halides is 3. The van der Waals surface area contributed by atoms with Crippen LogP contribution in [0.3, 0.4) is 0 Å². The highest BCUT2D eigenvalue weighted by Gasteiger charge is 2.42. The molecule has 1 atom stereocenters. The molecule has 0 radical (unpaired) electrons. The molecule has 5 rings (SSSR count). The lowest BCUT2D eigenvalue weighted by Crippen LogP contribution is -2.54. The van der Waals surface area contributed by atoms with E-state index in [0.29, 0.717) is 23.4 Å². The van der Waals surface area contributed by atoms with Crippen molar-refractivity contribution in [3.63, 3.8) is 0 Å². The number of hydrogen-bond acceptors (Lipinski definition) is 4. The van der Waals surface area contributed by atoms with E-state index >= 15 is 0 Å². The number of hydrogen-bond donors (Lipinski definition) is 4. The number of fused-ring (bicyclic) bond motifs is 2. The summed E-state index contributed by atoms with van der Waals surface area (Å²) in [5, 5.41) is 8.65. The third-order valence-corrected chi connectivity index (χ3v) is 6.79. The zero-order chi connectivity index (χ0) is 25.5. The van der Waals surface area contributed by atoms with Crippen LogP contribution in [-0.4, -0.2) is 41.4 Å². The third kappa shape index (κ3) is 4.28. The first-order valence-corrected chi connectivity index (χ1v) is 11.5.